The second kappa shape index (κ2) is 7.54. The summed E-state index contributed by atoms with van der Waals surface area (Å²) in [7, 11) is -2.41. The van der Waals surface area contributed by atoms with E-state index in [9.17, 15) is 4.57 Å². The summed E-state index contributed by atoms with van der Waals surface area (Å²) >= 11 is 0. The van der Waals surface area contributed by atoms with Crippen molar-refractivity contribution in [3.8, 4) is 5.69 Å². The van der Waals surface area contributed by atoms with Crippen molar-refractivity contribution in [1.29, 1.82) is 0 Å². The van der Waals surface area contributed by atoms with Crippen LogP contribution < -0.4 is 5.44 Å². The van der Waals surface area contributed by atoms with Crippen molar-refractivity contribution < 1.29 is 4.57 Å². The maximum absolute atomic E-state index is 14.8. The second-order valence-corrected chi connectivity index (χ2v) is 11.2. The number of aromatic nitrogens is 1. The number of rotatable bonds is 4. The fourth-order valence-electron chi connectivity index (χ4n) is 5.07. The van der Waals surface area contributed by atoms with Crippen LogP contribution in [0.3, 0.4) is 0 Å². The van der Waals surface area contributed by atoms with Crippen molar-refractivity contribution in [1.82, 2.24) is 4.57 Å². The van der Waals surface area contributed by atoms with Gasteiger partial charge in [-0.2, -0.15) is 0 Å². The predicted octanol–water partition coefficient (Wildman–Crippen LogP) is 6.13. The van der Waals surface area contributed by atoms with E-state index in [2.05, 4.69) is 53.2 Å². The van der Waals surface area contributed by atoms with Gasteiger partial charge in [-0.15, -0.1) is 0 Å². The van der Waals surface area contributed by atoms with E-state index < -0.39 is 7.14 Å². The van der Waals surface area contributed by atoms with Crippen LogP contribution in [0.5, 0.6) is 0 Å². The molecule has 0 saturated heterocycles. The molecule has 25 heavy (non-hydrogen) atoms. The third kappa shape index (κ3) is 3.26. The topological polar surface area (TPSA) is 22.0 Å². The van der Waals surface area contributed by atoms with Gasteiger partial charge in [0.15, 0.2) is 0 Å². The van der Waals surface area contributed by atoms with Gasteiger partial charge in [0.2, 0.25) is 0 Å². The van der Waals surface area contributed by atoms with Gasteiger partial charge in [0.05, 0.1) is 5.44 Å². The van der Waals surface area contributed by atoms with E-state index in [1.165, 1.54) is 38.5 Å². The van der Waals surface area contributed by atoms with Crippen molar-refractivity contribution in [2.45, 2.75) is 75.5 Å². The SMILES string of the molecule is O=P(c1cccn1-c1ccccc1)(C1CCCCC1)C1CCCCC1. The average Bonchev–Trinajstić information content (AvgIpc) is 3.20. The Kier molecular flexibility index (Phi) is 5.17. The number of nitrogens with zero attached hydrogens (tertiary/aromatic N) is 1. The van der Waals surface area contributed by atoms with Gasteiger partial charge in [0.25, 0.3) is 0 Å². The molecule has 2 saturated carbocycles. The summed E-state index contributed by atoms with van der Waals surface area (Å²) in [6, 6.07) is 14.7. The Balaban J connectivity index is 1.79. The molecule has 134 valence electrons. The highest BCUT2D eigenvalue weighted by atomic mass is 31.2. The molecule has 0 atom stereocenters. The molecule has 2 fully saturated rings. The van der Waals surface area contributed by atoms with Crippen LogP contribution in [0, 0.1) is 0 Å². The van der Waals surface area contributed by atoms with Gasteiger partial charge in [0.1, 0.15) is 7.14 Å². The normalized spacial score (nSPS) is 20.6. The molecule has 2 aliphatic carbocycles. The lowest BCUT2D eigenvalue weighted by Gasteiger charge is -2.38. The van der Waals surface area contributed by atoms with E-state index >= 15 is 0 Å². The smallest absolute Gasteiger partial charge is 0.137 e. The molecule has 0 radical (unpaired) electrons. The lowest BCUT2D eigenvalue weighted by atomic mass is 9.99. The Morgan fingerprint density at radius 2 is 1.28 bits per heavy atom. The van der Waals surface area contributed by atoms with Crippen molar-refractivity contribution in [3.63, 3.8) is 0 Å². The molecule has 0 aliphatic heterocycles. The quantitative estimate of drug-likeness (QED) is 0.605. The molecule has 0 bridgehead atoms. The van der Waals surface area contributed by atoms with Gasteiger partial charge in [-0.1, -0.05) is 56.7 Å². The first kappa shape index (κ1) is 17.2. The molecule has 2 nitrogen and oxygen atoms in total. The Morgan fingerprint density at radius 1 is 0.720 bits per heavy atom. The summed E-state index contributed by atoms with van der Waals surface area (Å²) < 4.78 is 17.0. The minimum atomic E-state index is -2.41. The molecular formula is C22H30NOP. The van der Waals surface area contributed by atoms with Crippen molar-refractivity contribution >= 4 is 12.6 Å². The van der Waals surface area contributed by atoms with E-state index in [-0.39, 0.29) is 0 Å². The predicted molar refractivity (Wildman–Crippen MR) is 107 cm³/mol. The van der Waals surface area contributed by atoms with Gasteiger partial charge in [0, 0.05) is 23.2 Å². The first-order chi connectivity index (χ1) is 12.3. The van der Waals surface area contributed by atoms with Crippen LogP contribution in [0.1, 0.15) is 64.2 Å². The van der Waals surface area contributed by atoms with Crippen molar-refractivity contribution in [2.75, 3.05) is 0 Å². The third-order valence-electron chi connectivity index (χ3n) is 6.35. The second-order valence-electron chi connectivity index (χ2n) is 7.86. The Hall–Kier alpha value is -1.27. The molecule has 4 rings (SSSR count). The fraction of sp³-hybridized carbons (Fsp3) is 0.545. The highest BCUT2D eigenvalue weighted by Crippen LogP contribution is 2.61. The van der Waals surface area contributed by atoms with Crippen LogP contribution in [0.15, 0.2) is 48.7 Å². The van der Waals surface area contributed by atoms with E-state index in [1.54, 1.807) is 0 Å². The Morgan fingerprint density at radius 3 is 1.84 bits per heavy atom. The summed E-state index contributed by atoms with van der Waals surface area (Å²) in [5.74, 6) is 0. The van der Waals surface area contributed by atoms with Crippen molar-refractivity contribution in [2.24, 2.45) is 0 Å². The third-order valence-corrected chi connectivity index (χ3v) is 10.6. The fourth-order valence-corrected chi connectivity index (χ4v) is 9.51. The number of para-hydroxylation sites is 1. The lowest BCUT2D eigenvalue weighted by Crippen LogP contribution is -2.32. The highest BCUT2D eigenvalue weighted by molar-refractivity contribution is 7.72. The van der Waals surface area contributed by atoms with Crippen LogP contribution in [0.25, 0.3) is 5.69 Å². The van der Waals surface area contributed by atoms with Gasteiger partial charge in [-0.05, 0) is 49.9 Å². The van der Waals surface area contributed by atoms with E-state index in [0.29, 0.717) is 11.3 Å². The van der Waals surface area contributed by atoms with Crippen molar-refractivity contribution in [3.05, 3.63) is 48.7 Å². The van der Waals surface area contributed by atoms with E-state index in [1.807, 2.05) is 0 Å². The monoisotopic (exact) mass is 355 g/mol. The van der Waals surface area contributed by atoms with E-state index in [4.69, 9.17) is 0 Å². The molecule has 1 aromatic carbocycles. The van der Waals surface area contributed by atoms with Gasteiger partial charge >= 0.3 is 0 Å². The van der Waals surface area contributed by atoms with Gasteiger partial charge in [-0.25, -0.2) is 0 Å². The molecule has 0 N–H and O–H groups in total. The lowest BCUT2D eigenvalue weighted by molar-refractivity contribution is 0.452. The summed E-state index contributed by atoms with van der Waals surface area (Å²) in [6.45, 7) is 0. The van der Waals surface area contributed by atoms with E-state index in [0.717, 1.165) is 36.8 Å². The zero-order valence-electron chi connectivity index (χ0n) is 15.1. The first-order valence-electron chi connectivity index (χ1n) is 10.1. The largest absolute Gasteiger partial charge is 0.317 e. The molecule has 0 amide bonds. The molecular weight excluding hydrogens is 325 g/mol. The summed E-state index contributed by atoms with van der Waals surface area (Å²) in [4.78, 5) is 0. The number of hydrogen-bond acceptors (Lipinski definition) is 1. The standard InChI is InChI=1S/C22H30NOP/c24-25(20-13-6-2-7-14-20,21-15-8-3-9-16-21)22-17-10-18-23(22)19-11-4-1-5-12-19/h1,4-5,10-12,17-18,20-21H,2-3,6-9,13-16H2. The van der Waals surface area contributed by atoms with Crippen LogP contribution in [0.2, 0.25) is 0 Å². The van der Waals surface area contributed by atoms with Crippen LogP contribution in [-0.4, -0.2) is 15.9 Å². The van der Waals surface area contributed by atoms with Gasteiger partial charge < -0.3 is 9.13 Å². The number of benzene rings is 1. The molecule has 1 aromatic heterocycles. The Labute approximate surface area is 152 Å². The maximum Gasteiger partial charge on any atom is 0.137 e. The molecule has 0 spiro atoms. The number of hydrogen-bond donors (Lipinski definition) is 0. The molecule has 2 aromatic rings. The van der Waals surface area contributed by atoms with Crippen LogP contribution >= 0.6 is 7.14 Å². The molecule has 3 heteroatoms. The first-order valence-corrected chi connectivity index (χ1v) is 12.0. The van der Waals surface area contributed by atoms with Gasteiger partial charge in [-0.3, -0.25) is 0 Å². The molecule has 2 aliphatic rings. The summed E-state index contributed by atoms with van der Waals surface area (Å²) in [6.07, 6.45) is 14.4. The zero-order chi connectivity index (χ0) is 17.1. The minimum Gasteiger partial charge on any atom is -0.317 e. The zero-order valence-corrected chi connectivity index (χ0v) is 16.0. The molecule has 1 heterocycles. The minimum absolute atomic E-state index is 0.404. The van der Waals surface area contributed by atoms with Crippen LogP contribution in [-0.2, 0) is 4.57 Å². The molecule has 0 unspecified atom stereocenters. The maximum atomic E-state index is 14.8. The summed E-state index contributed by atoms with van der Waals surface area (Å²) in [5.41, 5.74) is 3.08. The van der Waals surface area contributed by atoms with Crippen LogP contribution in [0.4, 0.5) is 0 Å². The summed E-state index contributed by atoms with van der Waals surface area (Å²) in [5, 5.41) is 0. The Bertz CT molecular complexity index is 701. The highest BCUT2D eigenvalue weighted by Gasteiger charge is 2.44. The average molecular weight is 355 g/mol.